The van der Waals surface area contributed by atoms with Gasteiger partial charge in [0, 0.05) is 57.1 Å². The number of amides is 2. The Morgan fingerprint density at radius 2 is 1.94 bits per heavy atom. The molecule has 1 aromatic carbocycles. The maximum Gasteiger partial charge on any atom is 0.269 e. The lowest BCUT2D eigenvalue weighted by Gasteiger charge is -2.49. The van der Waals surface area contributed by atoms with Crippen molar-refractivity contribution < 1.29 is 14.5 Å². The number of benzene rings is 1. The van der Waals surface area contributed by atoms with Gasteiger partial charge in [-0.05, 0) is 36.8 Å². The molecule has 2 fully saturated rings. The number of piperazine rings is 1. The van der Waals surface area contributed by atoms with Gasteiger partial charge in [0.2, 0.25) is 11.8 Å². The average molecular weight is 444 g/mol. The van der Waals surface area contributed by atoms with E-state index in [0.29, 0.717) is 38.5 Å². The summed E-state index contributed by atoms with van der Waals surface area (Å²) in [6.45, 7) is 8.83. The number of fused-ring (bicyclic) bond motifs is 3. The maximum absolute atomic E-state index is 13.2. The number of nitrogens with zero attached hydrogens (tertiary/aromatic N) is 4. The van der Waals surface area contributed by atoms with Gasteiger partial charge in [-0.15, -0.1) is 0 Å². The normalized spacial score (nSPS) is 23.1. The first-order valence-corrected chi connectivity index (χ1v) is 11.6. The third-order valence-electron chi connectivity index (χ3n) is 6.83. The smallest absolute Gasteiger partial charge is 0.269 e. The lowest BCUT2D eigenvalue weighted by Crippen LogP contribution is -2.62. The Morgan fingerprint density at radius 3 is 2.62 bits per heavy atom. The molecular formula is C23H33N5O4. The molecule has 32 heavy (non-hydrogen) atoms. The summed E-state index contributed by atoms with van der Waals surface area (Å²) in [6, 6.07) is 4.90. The first-order valence-electron chi connectivity index (χ1n) is 11.6. The third kappa shape index (κ3) is 4.72. The van der Waals surface area contributed by atoms with Gasteiger partial charge in [0.1, 0.15) is 0 Å². The second kappa shape index (κ2) is 9.44. The van der Waals surface area contributed by atoms with Crippen LogP contribution in [0.5, 0.6) is 0 Å². The number of nitro groups is 1. The molecule has 3 aliphatic rings. The summed E-state index contributed by atoms with van der Waals surface area (Å²) in [6.07, 6.45) is 2.61. The molecular weight excluding hydrogens is 410 g/mol. The number of hydrogen-bond donors (Lipinski definition) is 1. The van der Waals surface area contributed by atoms with E-state index in [1.807, 2.05) is 11.0 Å². The van der Waals surface area contributed by atoms with Crippen LogP contribution in [-0.2, 0) is 16.0 Å². The topological polar surface area (TPSA) is 99.0 Å². The lowest BCUT2D eigenvalue weighted by atomic mass is 9.83. The van der Waals surface area contributed by atoms with Crippen LogP contribution >= 0.6 is 0 Å². The third-order valence-corrected chi connectivity index (χ3v) is 6.83. The van der Waals surface area contributed by atoms with Crippen molar-refractivity contribution >= 4 is 23.2 Å². The number of likely N-dealkylation sites (tertiary alicyclic amines) is 1. The number of nitrogens with one attached hydrogen (secondary N) is 1. The second-order valence-electron chi connectivity index (χ2n) is 9.60. The lowest BCUT2D eigenvalue weighted by molar-refractivity contribution is -0.384. The zero-order valence-corrected chi connectivity index (χ0v) is 19.0. The molecule has 0 bridgehead atoms. The summed E-state index contributed by atoms with van der Waals surface area (Å²) in [4.78, 5) is 43.1. The quantitative estimate of drug-likeness (QED) is 0.530. The molecule has 0 aliphatic carbocycles. The molecule has 3 aliphatic heterocycles. The molecule has 2 atom stereocenters. The highest BCUT2D eigenvalue weighted by Crippen LogP contribution is 2.38. The number of anilines is 1. The summed E-state index contributed by atoms with van der Waals surface area (Å²) in [7, 11) is 0. The molecule has 1 aromatic rings. The van der Waals surface area contributed by atoms with Crippen LogP contribution in [0.25, 0.3) is 0 Å². The van der Waals surface area contributed by atoms with Crippen LogP contribution in [0.1, 0.15) is 32.3 Å². The van der Waals surface area contributed by atoms with E-state index >= 15 is 0 Å². The van der Waals surface area contributed by atoms with E-state index in [-0.39, 0.29) is 34.4 Å². The second-order valence-corrected chi connectivity index (χ2v) is 9.60. The predicted molar refractivity (Wildman–Crippen MR) is 122 cm³/mol. The van der Waals surface area contributed by atoms with E-state index in [0.717, 1.165) is 43.7 Å². The zero-order chi connectivity index (χ0) is 22.8. The summed E-state index contributed by atoms with van der Waals surface area (Å²) in [5.41, 5.74) is 1.87. The number of carbonyl (C=O) groups excluding carboxylic acids is 2. The van der Waals surface area contributed by atoms with Gasteiger partial charge in [-0.2, -0.15) is 0 Å². The van der Waals surface area contributed by atoms with E-state index in [2.05, 4.69) is 29.0 Å². The Bertz CT molecular complexity index is 883. The molecule has 0 aromatic heterocycles. The number of hydrogen-bond acceptors (Lipinski definition) is 6. The number of rotatable bonds is 6. The highest BCUT2D eigenvalue weighted by molar-refractivity contribution is 5.82. The van der Waals surface area contributed by atoms with Gasteiger partial charge in [-0.3, -0.25) is 24.6 Å². The van der Waals surface area contributed by atoms with Crippen molar-refractivity contribution in [3.8, 4) is 0 Å². The van der Waals surface area contributed by atoms with Crippen LogP contribution in [-0.4, -0.2) is 78.4 Å². The van der Waals surface area contributed by atoms with Gasteiger partial charge in [-0.1, -0.05) is 13.8 Å². The zero-order valence-electron chi connectivity index (χ0n) is 19.0. The van der Waals surface area contributed by atoms with Crippen molar-refractivity contribution in [3.63, 3.8) is 0 Å². The monoisotopic (exact) mass is 443 g/mol. The standard InChI is InChI=1S/C23H33N5O4/c1-16(2)13-24-23(30)19-12-17-11-18(28(31)32)5-6-20(17)27-10-9-25(14-21(19)27)15-22(29)26-7-3-4-8-26/h5-6,11,16,19,21H,3-4,7-10,12-15H2,1-2H3,(H,24,30)/t19-,21+/m1/s1. The predicted octanol–water partition coefficient (Wildman–Crippen LogP) is 1.65. The molecule has 9 heteroatoms. The van der Waals surface area contributed by atoms with Gasteiger partial charge >= 0.3 is 0 Å². The van der Waals surface area contributed by atoms with Gasteiger partial charge in [-0.25, -0.2) is 0 Å². The summed E-state index contributed by atoms with van der Waals surface area (Å²) < 4.78 is 0. The van der Waals surface area contributed by atoms with Crippen molar-refractivity contribution in [1.82, 2.24) is 15.1 Å². The molecule has 1 N–H and O–H groups in total. The van der Waals surface area contributed by atoms with E-state index < -0.39 is 0 Å². The average Bonchev–Trinajstić information content (AvgIpc) is 3.31. The molecule has 0 saturated carbocycles. The van der Waals surface area contributed by atoms with E-state index in [4.69, 9.17) is 0 Å². The van der Waals surface area contributed by atoms with Crippen LogP contribution in [0.3, 0.4) is 0 Å². The Labute approximate surface area is 188 Å². The van der Waals surface area contributed by atoms with Crippen molar-refractivity contribution in [2.75, 3.05) is 50.7 Å². The summed E-state index contributed by atoms with van der Waals surface area (Å²) in [5, 5.41) is 14.3. The molecule has 174 valence electrons. The molecule has 3 heterocycles. The van der Waals surface area contributed by atoms with Crippen LogP contribution in [0.4, 0.5) is 11.4 Å². The fraction of sp³-hybridized carbons (Fsp3) is 0.652. The minimum atomic E-state index is -0.387. The maximum atomic E-state index is 13.2. The van der Waals surface area contributed by atoms with Crippen LogP contribution in [0, 0.1) is 22.0 Å². The minimum absolute atomic E-state index is 0.0152. The fourth-order valence-electron chi connectivity index (χ4n) is 5.12. The van der Waals surface area contributed by atoms with Crippen molar-refractivity contribution in [2.45, 2.75) is 39.2 Å². The van der Waals surface area contributed by atoms with Crippen LogP contribution in [0.15, 0.2) is 18.2 Å². The summed E-state index contributed by atoms with van der Waals surface area (Å²) in [5.74, 6) is 0.183. The highest BCUT2D eigenvalue weighted by atomic mass is 16.6. The van der Waals surface area contributed by atoms with Crippen molar-refractivity contribution in [3.05, 3.63) is 33.9 Å². The number of carbonyl (C=O) groups is 2. The van der Waals surface area contributed by atoms with E-state index in [1.165, 1.54) is 0 Å². The minimum Gasteiger partial charge on any atom is -0.365 e. The number of non-ortho nitro benzene ring substituents is 1. The van der Waals surface area contributed by atoms with Gasteiger partial charge < -0.3 is 15.1 Å². The van der Waals surface area contributed by atoms with Gasteiger partial charge in [0.15, 0.2) is 0 Å². The molecule has 2 saturated heterocycles. The Morgan fingerprint density at radius 1 is 1.19 bits per heavy atom. The van der Waals surface area contributed by atoms with Crippen molar-refractivity contribution in [2.24, 2.45) is 11.8 Å². The van der Waals surface area contributed by atoms with E-state index in [9.17, 15) is 19.7 Å². The first kappa shape index (κ1) is 22.5. The largest absolute Gasteiger partial charge is 0.365 e. The number of nitro benzene ring substituents is 1. The molecule has 0 unspecified atom stereocenters. The highest BCUT2D eigenvalue weighted by Gasteiger charge is 2.42. The molecule has 2 amide bonds. The Kier molecular flexibility index (Phi) is 6.64. The van der Waals surface area contributed by atoms with Crippen LogP contribution in [0.2, 0.25) is 0 Å². The van der Waals surface area contributed by atoms with E-state index in [1.54, 1.807) is 12.1 Å². The first-order chi connectivity index (χ1) is 15.3. The van der Waals surface area contributed by atoms with Crippen LogP contribution < -0.4 is 10.2 Å². The van der Waals surface area contributed by atoms with Gasteiger partial charge in [0.05, 0.1) is 23.4 Å². The Hall–Kier alpha value is -2.68. The summed E-state index contributed by atoms with van der Waals surface area (Å²) >= 11 is 0. The molecule has 0 radical (unpaired) electrons. The van der Waals surface area contributed by atoms with Gasteiger partial charge in [0.25, 0.3) is 5.69 Å². The Balaban J connectivity index is 1.55. The van der Waals surface area contributed by atoms with Crippen molar-refractivity contribution in [1.29, 1.82) is 0 Å². The SMILES string of the molecule is CC(C)CNC(=O)[C@@H]1Cc2cc([N+](=O)[O-])ccc2N2CCN(CC(=O)N3CCCC3)C[C@@H]12. The molecule has 0 spiro atoms. The molecule has 9 nitrogen and oxygen atoms in total. The fourth-order valence-corrected chi connectivity index (χ4v) is 5.12. The molecule has 4 rings (SSSR count).